The van der Waals surface area contributed by atoms with Gasteiger partial charge in [0.05, 0.1) is 5.60 Å². The third-order valence-electron chi connectivity index (χ3n) is 7.64. The number of fused-ring (bicyclic) bond motifs is 3. The first-order chi connectivity index (χ1) is 11.9. The average Bonchev–Trinajstić information content (AvgIpc) is 3.02. The third-order valence-corrected chi connectivity index (χ3v) is 7.64. The molecule has 2 heteroatoms. The molecule has 1 spiro atoms. The average molecular weight is 343 g/mol. The Hall–Kier alpha value is -1.02. The van der Waals surface area contributed by atoms with Crippen LogP contribution in [0, 0.1) is 17.3 Å². The zero-order chi connectivity index (χ0) is 17.7. The normalized spacial score (nSPS) is 37.3. The summed E-state index contributed by atoms with van der Waals surface area (Å²) >= 11 is 0. The van der Waals surface area contributed by atoms with Gasteiger partial charge >= 0.3 is 0 Å². The molecule has 25 heavy (non-hydrogen) atoms. The van der Waals surface area contributed by atoms with E-state index in [0.717, 1.165) is 24.9 Å². The molecule has 4 atom stereocenters. The second-order valence-corrected chi connectivity index (χ2v) is 9.65. The summed E-state index contributed by atoms with van der Waals surface area (Å²) in [6, 6.07) is 6.11. The summed E-state index contributed by atoms with van der Waals surface area (Å²) in [6.45, 7) is 8.20. The molecule has 138 valence electrons. The molecule has 2 aliphatic carbocycles. The van der Waals surface area contributed by atoms with Gasteiger partial charge in [0.25, 0.3) is 0 Å². The molecular weight excluding hydrogens is 308 g/mol. The van der Waals surface area contributed by atoms with Crippen molar-refractivity contribution in [1.29, 1.82) is 0 Å². The van der Waals surface area contributed by atoms with Crippen LogP contribution in [0.15, 0.2) is 18.2 Å². The van der Waals surface area contributed by atoms with Crippen molar-refractivity contribution in [3.05, 3.63) is 29.3 Å². The van der Waals surface area contributed by atoms with Gasteiger partial charge in [-0.2, -0.15) is 0 Å². The Morgan fingerprint density at radius 3 is 2.80 bits per heavy atom. The van der Waals surface area contributed by atoms with E-state index < -0.39 is 0 Å². The zero-order valence-corrected chi connectivity index (χ0v) is 16.2. The number of phenols is 1. The molecular formula is C23H34O2. The summed E-state index contributed by atoms with van der Waals surface area (Å²) in [7, 11) is 0. The van der Waals surface area contributed by atoms with E-state index in [9.17, 15) is 5.11 Å². The summed E-state index contributed by atoms with van der Waals surface area (Å²) < 4.78 is 6.40. The number of hydrogen-bond acceptors (Lipinski definition) is 2. The lowest BCUT2D eigenvalue weighted by atomic mass is 9.50. The van der Waals surface area contributed by atoms with Crippen LogP contribution in [0.3, 0.4) is 0 Å². The Morgan fingerprint density at radius 2 is 2.08 bits per heavy atom. The largest absolute Gasteiger partial charge is 0.508 e. The quantitative estimate of drug-likeness (QED) is 0.749. The molecule has 1 saturated carbocycles. The Kier molecular flexibility index (Phi) is 4.38. The predicted octanol–water partition coefficient (Wildman–Crippen LogP) is 5.82. The van der Waals surface area contributed by atoms with Crippen LogP contribution in [0.5, 0.6) is 5.75 Å². The Morgan fingerprint density at radius 1 is 1.24 bits per heavy atom. The SMILES string of the molecule is CC(C)CC[C@H]1C[C@@]2(CCCO2)C[C@@H]2c3ccc(O)cc3CC[C@@]12C. The molecule has 1 aromatic rings. The van der Waals surface area contributed by atoms with Crippen molar-refractivity contribution in [3.63, 3.8) is 0 Å². The van der Waals surface area contributed by atoms with Gasteiger partial charge in [-0.3, -0.25) is 0 Å². The molecule has 0 bridgehead atoms. The number of benzene rings is 1. The topological polar surface area (TPSA) is 29.5 Å². The monoisotopic (exact) mass is 342 g/mol. The molecule has 2 fully saturated rings. The van der Waals surface area contributed by atoms with E-state index in [0.29, 0.717) is 17.1 Å². The van der Waals surface area contributed by atoms with Gasteiger partial charge in [0, 0.05) is 6.61 Å². The maximum Gasteiger partial charge on any atom is 0.115 e. The molecule has 0 amide bonds. The highest BCUT2D eigenvalue weighted by molar-refractivity contribution is 5.41. The van der Waals surface area contributed by atoms with Crippen molar-refractivity contribution in [2.75, 3.05) is 6.61 Å². The third kappa shape index (κ3) is 3.01. The highest BCUT2D eigenvalue weighted by Crippen LogP contribution is 2.62. The van der Waals surface area contributed by atoms with E-state index in [4.69, 9.17) is 4.74 Å². The summed E-state index contributed by atoms with van der Waals surface area (Å²) in [5, 5.41) is 9.93. The number of aromatic hydroxyl groups is 1. The fourth-order valence-corrected chi connectivity index (χ4v) is 6.09. The zero-order valence-electron chi connectivity index (χ0n) is 16.2. The van der Waals surface area contributed by atoms with Crippen LogP contribution in [0.25, 0.3) is 0 Å². The summed E-state index contributed by atoms with van der Waals surface area (Å²) in [5.74, 6) is 2.54. The molecule has 0 unspecified atom stereocenters. The van der Waals surface area contributed by atoms with Crippen LogP contribution in [0.1, 0.15) is 82.8 Å². The van der Waals surface area contributed by atoms with E-state index in [1.165, 1.54) is 56.1 Å². The van der Waals surface area contributed by atoms with Crippen LogP contribution >= 0.6 is 0 Å². The van der Waals surface area contributed by atoms with Gasteiger partial charge in [0.2, 0.25) is 0 Å². The molecule has 1 N–H and O–H groups in total. The number of aryl methyl sites for hydroxylation is 1. The fraction of sp³-hybridized carbons (Fsp3) is 0.739. The molecule has 2 nitrogen and oxygen atoms in total. The van der Waals surface area contributed by atoms with Gasteiger partial charge in [-0.15, -0.1) is 0 Å². The first-order valence-electron chi connectivity index (χ1n) is 10.4. The minimum absolute atomic E-state index is 0.123. The summed E-state index contributed by atoms with van der Waals surface area (Å²) in [5.41, 5.74) is 3.38. The number of phenolic OH excluding ortho intramolecular Hbond substituents is 1. The maximum absolute atomic E-state index is 9.93. The van der Waals surface area contributed by atoms with Crippen molar-refractivity contribution in [3.8, 4) is 5.75 Å². The van der Waals surface area contributed by atoms with Gasteiger partial charge < -0.3 is 9.84 Å². The van der Waals surface area contributed by atoms with Gasteiger partial charge in [0.1, 0.15) is 5.75 Å². The molecule has 1 aromatic carbocycles. The lowest BCUT2D eigenvalue weighted by molar-refractivity contribution is -0.0989. The van der Waals surface area contributed by atoms with Gasteiger partial charge in [-0.25, -0.2) is 0 Å². The Labute approximate surface area is 153 Å². The number of hydrogen-bond donors (Lipinski definition) is 1. The van der Waals surface area contributed by atoms with Crippen molar-refractivity contribution in [2.24, 2.45) is 17.3 Å². The second-order valence-electron chi connectivity index (χ2n) is 9.65. The van der Waals surface area contributed by atoms with Crippen molar-refractivity contribution >= 4 is 0 Å². The highest BCUT2D eigenvalue weighted by Gasteiger charge is 2.55. The minimum Gasteiger partial charge on any atom is -0.508 e. The summed E-state index contributed by atoms with van der Waals surface area (Å²) in [6.07, 6.45) is 9.94. The maximum atomic E-state index is 9.93. The second kappa shape index (κ2) is 6.30. The van der Waals surface area contributed by atoms with Crippen molar-refractivity contribution in [1.82, 2.24) is 0 Å². The highest BCUT2D eigenvalue weighted by atomic mass is 16.5. The van der Waals surface area contributed by atoms with Gasteiger partial charge in [-0.1, -0.05) is 33.3 Å². The van der Waals surface area contributed by atoms with Crippen LogP contribution < -0.4 is 0 Å². The first kappa shape index (κ1) is 17.4. The van der Waals surface area contributed by atoms with E-state index >= 15 is 0 Å². The van der Waals surface area contributed by atoms with Crippen LogP contribution in [-0.2, 0) is 11.2 Å². The standard InChI is InChI=1S/C23H34O2/c1-16(2)5-6-18-14-23(10-4-12-25-23)15-21-20-8-7-19(24)13-17(20)9-11-22(18,21)3/h7-8,13,16,18,21,24H,4-6,9-12,14-15H2,1-3H3/t18-,21+,22-,23-/m0/s1. The molecule has 0 radical (unpaired) electrons. The van der Waals surface area contributed by atoms with E-state index in [-0.39, 0.29) is 5.60 Å². The van der Waals surface area contributed by atoms with E-state index in [1.807, 2.05) is 12.1 Å². The van der Waals surface area contributed by atoms with Gasteiger partial charge in [0.15, 0.2) is 0 Å². The van der Waals surface area contributed by atoms with E-state index in [2.05, 4.69) is 26.8 Å². The van der Waals surface area contributed by atoms with E-state index in [1.54, 1.807) is 0 Å². The van der Waals surface area contributed by atoms with Crippen molar-refractivity contribution < 1.29 is 9.84 Å². The molecule has 1 aliphatic heterocycles. The molecule has 1 saturated heterocycles. The number of rotatable bonds is 3. The molecule has 4 rings (SSSR count). The predicted molar refractivity (Wildman–Crippen MR) is 102 cm³/mol. The number of ether oxygens (including phenoxy) is 1. The van der Waals surface area contributed by atoms with Gasteiger partial charge in [-0.05, 0) is 91.4 Å². The molecule has 0 aromatic heterocycles. The smallest absolute Gasteiger partial charge is 0.115 e. The lowest BCUT2D eigenvalue weighted by Gasteiger charge is -2.56. The Bertz CT molecular complexity index is 629. The van der Waals surface area contributed by atoms with Crippen molar-refractivity contribution in [2.45, 2.75) is 83.7 Å². The fourth-order valence-electron chi connectivity index (χ4n) is 6.09. The van der Waals surface area contributed by atoms with Crippen LogP contribution in [0.4, 0.5) is 0 Å². The molecule has 3 aliphatic rings. The Balaban J connectivity index is 1.71. The first-order valence-corrected chi connectivity index (χ1v) is 10.4. The minimum atomic E-state index is 0.123. The van der Waals surface area contributed by atoms with Crippen LogP contribution in [0.2, 0.25) is 0 Å². The van der Waals surface area contributed by atoms with Crippen LogP contribution in [-0.4, -0.2) is 17.3 Å². The molecule has 1 heterocycles. The lowest BCUT2D eigenvalue weighted by Crippen LogP contribution is -2.50. The summed E-state index contributed by atoms with van der Waals surface area (Å²) in [4.78, 5) is 0.